The Morgan fingerprint density at radius 2 is 0.800 bits per heavy atom. The van der Waals surface area contributed by atoms with Crippen LogP contribution >= 0.6 is 0 Å². The molecule has 0 atom stereocenters. The van der Waals surface area contributed by atoms with E-state index in [1.807, 2.05) is 36.4 Å². The fourth-order valence-electron chi connectivity index (χ4n) is 0.385. The molecule has 1 aromatic carbocycles. The molecule has 0 aliphatic rings. The third kappa shape index (κ3) is 10.3. The zero-order chi connectivity index (χ0) is 6.95. The first-order valence-electron chi connectivity index (χ1n) is 2.71. The predicted octanol–water partition coefficient (Wildman–Crippen LogP) is 2.64. The van der Waals surface area contributed by atoms with Crippen molar-refractivity contribution >= 4 is 0 Å². The van der Waals surface area contributed by atoms with E-state index in [9.17, 15) is 0 Å². The molecule has 0 saturated carbocycles. The molecule has 1 heteroatoms. The van der Waals surface area contributed by atoms with Crippen LogP contribution in [0.1, 0.15) is 0 Å². The van der Waals surface area contributed by atoms with Crippen molar-refractivity contribution in [2.75, 3.05) is 0 Å². The van der Waals surface area contributed by atoms with E-state index in [0.29, 0.717) is 0 Å². The number of hydrogen-bond donors (Lipinski definition) is 0. The molecule has 0 aromatic heterocycles. The van der Waals surface area contributed by atoms with E-state index in [1.165, 1.54) is 0 Å². The average molecular weight is 174 g/mol. The van der Waals surface area contributed by atoms with Gasteiger partial charge in [-0.15, -0.1) is 5.73 Å². The molecule has 0 spiro atoms. The molecule has 0 saturated heterocycles. The van der Waals surface area contributed by atoms with Gasteiger partial charge in [-0.25, -0.2) is 0 Å². The molecule has 0 aliphatic heterocycles. The zero-order valence-electron chi connectivity index (χ0n) is 5.73. The zero-order valence-corrected chi connectivity index (χ0v) is 6.84. The summed E-state index contributed by atoms with van der Waals surface area (Å²) in [6, 6.07) is 12.0. The Morgan fingerprint density at radius 1 is 0.700 bits per heavy atom. The maximum absolute atomic E-state index is 3.12. The third-order valence-corrected chi connectivity index (χ3v) is 0.667. The van der Waals surface area contributed by atoms with Gasteiger partial charge in [0.1, 0.15) is 0 Å². The van der Waals surface area contributed by atoms with Gasteiger partial charge >= 0.3 is 0 Å². The van der Waals surface area contributed by atoms with Crippen LogP contribution in [0.4, 0.5) is 0 Å². The Balaban J connectivity index is 0. The summed E-state index contributed by atoms with van der Waals surface area (Å²) in [4.78, 5) is 0. The second-order valence-electron chi connectivity index (χ2n) is 1.40. The van der Waals surface area contributed by atoms with Gasteiger partial charge in [-0.05, 0) is 0 Å². The number of hydrogen-bond acceptors (Lipinski definition) is 0. The van der Waals surface area contributed by atoms with Crippen molar-refractivity contribution in [1.82, 2.24) is 0 Å². The quantitative estimate of drug-likeness (QED) is 0.419. The molecule has 0 amide bonds. The molecular weight excluding hydrogens is 164 g/mol. The largest absolute Gasteiger partial charge is 0.137 e. The minimum atomic E-state index is 0. The molecule has 0 radical (unpaired) electrons. The summed E-state index contributed by atoms with van der Waals surface area (Å²) in [6.07, 6.45) is 0. The summed E-state index contributed by atoms with van der Waals surface area (Å²) < 4.78 is 0. The van der Waals surface area contributed by atoms with Gasteiger partial charge in [-0.1, -0.05) is 49.6 Å². The molecule has 10 heavy (non-hydrogen) atoms. The van der Waals surface area contributed by atoms with E-state index in [2.05, 4.69) is 18.9 Å². The fraction of sp³-hybridized carbons (Fsp3) is 0. The van der Waals surface area contributed by atoms with Crippen LogP contribution in [0.3, 0.4) is 0 Å². The Morgan fingerprint density at radius 3 is 0.900 bits per heavy atom. The normalized spacial score (nSPS) is 5.60. The van der Waals surface area contributed by atoms with E-state index in [0.717, 1.165) is 0 Å². The van der Waals surface area contributed by atoms with Crippen molar-refractivity contribution in [2.45, 2.75) is 0 Å². The Hall–Kier alpha value is -0.741. The van der Waals surface area contributed by atoms with Gasteiger partial charge in [0.25, 0.3) is 0 Å². The van der Waals surface area contributed by atoms with Crippen molar-refractivity contribution in [2.24, 2.45) is 0 Å². The Labute approximate surface area is 72.7 Å². The van der Waals surface area contributed by atoms with Crippen molar-refractivity contribution in [1.29, 1.82) is 0 Å². The van der Waals surface area contributed by atoms with Crippen LogP contribution in [0.2, 0.25) is 0 Å². The minimum Gasteiger partial charge on any atom is -0.137 e. The molecule has 54 valence electrons. The van der Waals surface area contributed by atoms with Crippen LogP contribution in [0.15, 0.2) is 55.3 Å². The van der Waals surface area contributed by atoms with Gasteiger partial charge in [0.15, 0.2) is 0 Å². The van der Waals surface area contributed by atoms with E-state index in [4.69, 9.17) is 0 Å². The minimum absolute atomic E-state index is 0. The Bertz CT molecular complexity index is 135. The summed E-state index contributed by atoms with van der Waals surface area (Å²) >= 11 is 0. The molecule has 0 N–H and O–H groups in total. The standard InChI is InChI=1S/C6H6.C3H4.Fe/c1-2-4-6-5-3-1;1-3-2;/h1-6H;1-2H2;. The van der Waals surface area contributed by atoms with Crippen LogP contribution in [-0.4, -0.2) is 0 Å². The van der Waals surface area contributed by atoms with Gasteiger partial charge in [0, 0.05) is 17.1 Å². The third-order valence-electron chi connectivity index (χ3n) is 0.667. The molecule has 0 nitrogen and oxygen atoms in total. The number of rotatable bonds is 0. The monoisotopic (exact) mass is 174 g/mol. The van der Waals surface area contributed by atoms with Crippen LogP contribution in [-0.2, 0) is 17.1 Å². The van der Waals surface area contributed by atoms with Gasteiger partial charge in [0.2, 0.25) is 0 Å². The molecule has 0 unspecified atom stereocenters. The van der Waals surface area contributed by atoms with Gasteiger partial charge < -0.3 is 0 Å². The van der Waals surface area contributed by atoms with Crippen molar-refractivity contribution < 1.29 is 17.1 Å². The van der Waals surface area contributed by atoms with Crippen LogP contribution in [0, 0.1) is 0 Å². The first-order valence-corrected chi connectivity index (χ1v) is 2.71. The van der Waals surface area contributed by atoms with Crippen LogP contribution < -0.4 is 0 Å². The first kappa shape index (κ1) is 12.0. The molecule has 1 rings (SSSR count). The van der Waals surface area contributed by atoms with E-state index < -0.39 is 0 Å². The van der Waals surface area contributed by atoms with Gasteiger partial charge in [0.05, 0.1) is 0 Å². The van der Waals surface area contributed by atoms with Crippen molar-refractivity contribution in [3.8, 4) is 0 Å². The summed E-state index contributed by atoms with van der Waals surface area (Å²) in [5.74, 6) is 0. The van der Waals surface area contributed by atoms with Crippen molar-refractivity contribution in [3.05, 3.63) is 55.3 Å². The summed E-state index contributed by atoms with van der Waals surface area (Å²) in [7, 11) is 0. The van der Waals surface area contributed by atoms with E-state index >= 15 is 0 Å². The Kier molecular flexibility index (Phi) is 13.3. The van der Waals surface area contributed by atoms with Gasteiger partial charge in [-0.3, -0.25) is 0 Å². The van der Waals surface area contributed by atoms with Crippen LogP contribution in [0.25, 0.3) is 0 Å². The van der Waals surface area contributed by atoms with Crippen molar-refractivity contribution in [3.63, 3.8) is 0 Å². The predicted molar refractivity (Wildman–Crippen MR) is 41.2 cm³/mol. The smallest absolute Gasteiger partial charge is 0 e. The molecule has 0 aliphatic carbocycles. The SMILES string of the molecule is C=C=C.[Fe].c1ccccc1. The maximum Gasteiger partial charge on any atom is 0 e. The fourth-order valence-corrected chi connectivity index (χ4v) is 0.385. The second kappa shape index (κ2) is 11.1. The molecular formula is C9H10Fe. The van der Waals surface area contributed by atoms with Crippen LogP contribution in [0.5, 0.6) is 0 Å². The summed E-state index contributed by atoms with van der Waals surface area (Å²) in [5, 5.41) is 0. The number of benzene rings is 1. The average Bonchev–Trinajstić information content (AvgIpc) is 1.93. The van der Waals surface area contributed by atoms with Gasteiger partial charge in [-0.2, -0.15) is 0 Å². The maximum atomic E-state index is 3.12. The van der Waals surface area contributed by atoms with E-state index in [1.54, 1.807) is 0 Å². The van der Waals surface area contributed by atoms with E-state index in [-0.39, 0.29) is 17.1 Å². The molecule has 0 heterocycles. The first-order chi connectivity index (χ1) is 4.41. The topological polar surface area (TPSA) is 0 Å². The molecule has 1 aromatic rings. The second-order valence-corrected chi connectivity index (χ2v) is 1.40. The molecule has 0 bridgehead atoms. The summed E-state index contributed by atoms with van der Waals surface area (Å²) in [5.41, 5.74) is 2.25. The molecule has 0 fully saturated rings. The summed E-state index contributed by atoms with van der Waals surface area (Å²) in [6.45, 7) is 6.25.